The molecule has 80 valence electrons. The molecule has 1 fully saturated rings. The van der Waals surface area contributed by atoms with Gasteiger partial charge in [0.15, 0.2) is 0 Å². The van der Waals surface area contributed by atoms with Gasteiger partial charge in [0.05, 0.1) is 11.1 Å². The van der Waals surface area contributed by atoms with Crippen LogP contribution in [0.2, 0.25) is 0 Å². The Hall–Kier alpha value is -1.50. The van der Waals surface area contributed by atoms with E-state index in [1.54, 1.807) is 12.1 Å². The summed E-state index contributed by atoms with van der Waals surface area (Å²) in [5, 5.41) is 10.6. The van der Waals surface area contributed by atoms with Crippen molar-refractivity contribution in [3.63, 3.8) is 0 Å². The lowest BCUT2D eigenvalue weighted by atomic mass is 10.0. The summed E-state index contributed by atoms with van der Waals surface area (Å²) in [5.41, 5.74) is 12.5. The SMILES string of the molecule is NC1CC(c2cccc([N+](=O)[O-])c2)NN1. The minimum atomic E-state index is -0.397. The third kappa shape index (κ3) is 2.12. The van der Waals surface area contributed by atoms with E-state index in [9.17, 15) is 10.1 Å². The van der Waals surface area contributed by atoms with Crippen LogP contribution >= 0.6 is 0 Å². The van der Waals surface area contributed by atoms with Crippen molar-refractivity contribution in [2.75, 3.05) is 0 Å². The molecular formula is C9H12N4O2. The molecule has 0 aliphatic carbocycles. The standard InChI is InChI=1S/C9H12N4O2/c10-9-5-8(11-12-9)6-2-1-3-7(4-6)13(14)15/h1-4,8-9,11-12H,5,10H2. The van der Waals surface area contributed by atoms with E-state index in [0.717, 1.165) is 12.0 Å². The van der Waals surface area contributed by atoms with Gasteiger partial charge in [0.1, 0.15) is 0 Å². The number of hydrogen-bond donors (Lipinski definition) is 3. The third-order valence-corrected chi connectivity index (χ3v) is 2.42. The van der Waals surface area contributed by atoms with E-state index in [0.29, 0.717) is 0 Å². The molecule has 15 heavy (non-hydrogen) atoms. The summed E-state index contributed by atoms with van der Waals surface area (Å²) in [4.78, 5) is 10.2. The highest BCUT2D eigenvalue weighted by Gasteiger charge is 2.23. The lowest BCUT2D eigenvalue weighted by Crippen LogP contribution is -2.36. The minimum absolute atomic E-state index is 0.0416. The van der Waals surface area contributed by atoms with Crippen molar-refractivity contribution in [3.8, 4) is 0 Å². The van der Waals surface area contributed by atoms with Gasteiger partial charge in [-0.1, -0.05) is 12.1 Å². The number of nitrogens with zero attached hydrogens (tertiary/aromatic N) is 1. The van der Waals surface area contributed by atoms with Gasteiger partial charge in [0.2, 0.25) is 0 Å². The van der Waals surface area contributed by atoms with Gasteiger partial charge in [-0.3, -0.25) is 10.1 Å². The van der Waals surface area contributed by atoms with Crippen LogP contribution in [-0.4, -0.2) is 11.1 Å². The first-order chi connectivity index (χ1) is 7.16. The van der Waals surface area contributed by atoms with Crippen LogP contribution in [-0.2, 0) is 0 Å². The van der Waals surface area contributed by atoms with Gasteiger partial charge in [-0.2, -0.15) is 0 Å². The van der Waals surface area contributed by atoms with Crippen LogP contribution in [0.1, 0.15) is 18.0 Å². The van der Waals surface area contributed by atoms with Crippen molar-refractivity contribution in [3.05, 3.63) is 39.9 Å². The maximum atomic E-state index is 10.6. The highest BCUT2D eigenvalue weighted by atomic mass is 16.6. The number of hydrazine groups is 1. The van der Waals surface area contributed by atoms with Gasteiger partial charge in [-0.25, -0.2) is 10.9 Å². The quantitative estimate of drug-likeness (QED) is 0.483. The first-order valence-corrected chi connectivity index (χ1v) is 4.68. The Morgan fingerprint density at radius 2 is 2.27 bits per heavy atom. The summed E-state index contributed by atoms with van der Waals surface area (Å²) in [5.74, 6) is 0. The molecule has 4 N–H and O–H groups in total. The molecule has 6 heteroatoms. The molecule has 1 aliphatic rings. The normalized spacial score (nSPS) is 25.4. The Balaban J connectivity index is 2.21. The van der Waals surface area contributed by atoms with Crippen molar-refractivity contribution in [1.82, 2.24) is 10.9 Å². The molecule has 1 heterocycles. The molecule has 6 nitrogen and oxygen atoms in total. The number of nitrogens with one attached hydrogen (secondary N) is 2. The summed E-state index contributed by atoms with van der Waals surface area (Å²) in [6.45, 7) is 0. The van der Waals surface area contributed by atoms with Crippen molar-refractivity contribution >= 4 is 5.69 Å². The molecule has 2 unspecified atom stereocenters. The molecule has 1 aromatic carbocycles. The van der Waals surface area contributed by atoms with E-state index >= 15 is 0 Å². The number of benzene rings is 1. The smallest absolute Gasteiger partial charge is 0.269 e. The molecule has 2 atom stereocenters. The highest BCUT2D eigenvalue weighted by molar-refractivity contribution is 5.36. The molecule has 0 aromatic heterocycles. The van der Waals surface area contributed by atoms with E-state index in [4.69, 9.17) is 5.73 Å². The van der Waals surface area contributed by atoms with Crippen LogP contribution in [0.3, 0.4) is 0 Å². The first kappa shape index (κ1) is 10.0. The summed E-state index contributed by atoms with van der Waals surface area (Å²) >= 11 is 0. The van der Waals surface area contributed by atoms with E-state index in [1.165, 1.54) is 6.07 Å². The van der Waals surface area contributed by atoms with Crippen LogP contribution < -0.4 is 16.6 Å². The largest absolute Gasteiger partial charge is 0.315 e. The predicted octanol–water partition coefficient (Wildman–Crippen LogP) is 0.419. The van der Waals surface area contributed by atoms with Crippen molar-refractivity contribution < 1.29 is 4.92 Å². The average Bonchev–Trinajstić information content (AvgIpc) is 2.65. The zero-order chi connectivity index (χ0) is 10.8. The molecule has 1 aromatic rings. The Morgan fingerprint density at radius 3 is 2.87 bits per heavy atom. The number of nitro benzene ring substituents is 1. The maximum Gasteiger partial charge on any atom is 0.269 e. The van der Waals surface area contributed by atoms with Crippen molar-refractivity contribution in [2.45, 2.75) is 18.6 Å². The Bertz CT molecular complexity index is 382. The Labute approximate surface area is 86.6 Å². The maximum absolute atomic E-state index is 10.6. The molecule has 0 saturated carbocycles. The van der Waals surface area contributed by atoms with Crippen LogP contribution in [0.5, 0.6) is 0 Å². The predicted molar refractivity (Wildman–Crippen MR) is 54.7 cm³/mol. The fraction of sp³-hybridized carbons (Fsp3) is 0.333. The van der Waals surface area contributed by atoms with Crippen LogP contribution in [0.4, 0.5) is 5.69 Å². The van der Waals surface area contributed by atoms with Gasteiger partial charge in [-0.15, -0.1) is 0 Å². The summed E-state index contributed by atoms with van der Waals surface area (Å²) in [6, 6.07) is 6.62. The topological polar surface area (TPSA) is 93.2 Å². The summed E-state index contributed by atoms with van der Waals surface area (Å²) < 4.78 is 0. The lowest BCUT2D eigenvalue weighted by Gasteiger charge is -2.08. The molecule has 2 rings (SSSR count). The van der Waals surface area contributed by atoms with Crippen LogP contribution in [0, 0.1) is 10.1 Å². The van der Waals surface area contributed by atoms with E-state index in [-0.39, 0.29) is 17.9 Å². The van der Waals surface area contributed by atoms with Crippen molar-refractivity contribution in [1.29, 1.82) is 0 Å². The fourth-order valence-electron chi connectivity index (χ4n) is 1.65. The Kier molecular flexibility index (Phi) is 2.63. The molecule has 0 amide bonds. The minimum Gasteiger partial charge on any atom is -0.315 e. The second-order valence-electron chi connectivity index (χ2n) is 3.54. The van der Waals surface area contributed by atoms with Gasteiger partial charge in [0.25, 0.3) is 5.69 Å². The monoisotopic (exact) mass is 208 g/mol. The highest BCUT2D eigenvalue weighted by Crippen LogP contribution is 2.23. The van der Waals surface area contributed by atoms with Gasteiger partial charge < -0.3 is 5.73 Å². The lowest BCUT2D eigenvalue weighted by molar-refractivity contribution is -0.384. The van der Waals surface area contributed by atoms with Crippen LogP contribution in [0.25, 0.3) is 0 Å². The third-order valence-electron chi connectivity index (χ3n) is 2.42. The number of hydrogen-bond acceptors (Lipinski definition) is 5. The summed E-state index contributed by atoms with van der Waals surface area (Å²) in [6.07, 6.45) is 0.621. The van der Waals surface area contributed by atoms with Crippen LogP contribution in [0.15, 0.2) is 24.3 Å². The van der Waals surface area contributed by atoms with Gasteiger partial charge >= 0.3 is 0 Å². The summed E-state index contributed by atoms with van der Waals surface area (Å²) in [7, 11) is 0. The number of nitro groups is 1. The molecule has 1 saturated heterocycles. The second-order valence-corrected chi connectivity index (χ2v) is 3.54. The van der Waals surface area contributed by atoms with E-state index in [2.05, 4.69) is 10.9 Å². The van der Waals surface area contributed by atoms with Gasteiger partial charge in [0, 0.05) is 18.2 Å². The number of rotatable bonds is 2. The second kappa shape index (κ2) is 3.93. The molecule has 0 bridgehead atoms. The first-order valence-electron chi connectivity index (χ1n) is 4.68. The zero-order valence-electron chi connectivity index (χ0n) is 8.01. The molecular weight excluding hydrogens is 196 g/mol. The van der Waals surface area contributed by atoms with Crippen molar-refractivity contribution in [2.24, 2.45) is 5.73 Å². The van der Waals surface area contributed by atoms with Gasteiger partial charge in [-0.05, 0) is 12.0 Å². The molecule has 0 spiro atoms. The molecule has 1 aliphatic heterocycles. The average molecular weight is 208 g/mol. The number of nitrogens with two attached hydrogens (primary N) is 1. The van der Waals surface area contributed by atoms with E-state index < -0.39 is 4.92 Å². The van der Waals surface area contributed by atoms with E-state index in [1.807, 2.05) is 6.07 Å². The molecule has 0 radical (unpaired) electrons. The Morgan fingerprint density at radius 1 is 1.47 bits per heavy atom. The fourth-order valence-corrected chi connectivity index (χ4v) is 1.65. The number of non-ortho nitro benzene ring substituents is 1. The zero-order valence-corrected chi connectivity index (χ0v) is 8.01.